The van der Waals surface area contributed by atoms with E-state index < -0.39 is 12.0 Å². The lowest BCUT2D eigenvalue weighted by molar-refractivity contribution is -0.138. The zero-order chi connectivity index (χ0) is 8.27. The third kappa shape index (κ3) is 4.46. The first-order chi connectivity index (χ1) is 5.20. The molecule has 0 bridgehead atoms. The Kier molecular flexibility index (Phi) is 7.11. The van der Waals surface area contributed by atoms with Gasteiger partial charge in [0.25, 0.3) is 0 Å². The first-order valence-electron chi connectivity index (χ1n) is 3.16. The Morgan fingerprint density at radius 1 is 1.77 bits per heavy atom. The van der Waals surface area contributed by atoms with E-state index in [1.54, 1.807) is 6.20 Å². The van der Waals surface area contributed by atoms with Crippen LogP contribution < -0.4 is 18.1 Å². The third-order valence-electron chi connectivity index (χ3n) is 1.31. The van der Waals surface area contributed by atoms with Crippen LogP contribution in [0.2, 0.25) is 0 Å². The summed E-state index contributed by atoms with van der Waals surface area (Å²) in [4.78, 5) is 16.8. The fourth-order valence-electron chi connectivity index (χ4n) is 0.721. The summed E-state index contributed by atoms with van der Waals surface area (Å²) in [7, 11) is 0. The second-order valence-electron chi connectivity index (χ2n) is 2.23. The Hall–Kier alpha value is -1.11. The summed E-state index contributed by atoms with van der Waals surface area (Å²) in [6.07, 6.45) is 3.34. The molecule has 7 heteroatoms. The minimum absolute atomic E-state index is 0. The molecule has 0 spiro atoms. The molecular formula is C6H11ClN3O3-. The molecule has 0 aliphatic carbocycles. The Labute approximate surface area is 80.9 Å². The molecule has 0 radical (unpaired) electrons. The highest BCUT2D eigenvalue weighted by Gasteiger charge is 2.11. The number of aromatic nitrogens is 2. The Balaban J connectivity index is 0. The van der Waals surface area contributed by atoms with Crippen molar-refractivity contribution in [3.8, 4) is 0 Å². The van der Waals surface area contributed by atoms with Gasteiger partial charge in [-0.2, -0.15) is 0 Å². The van der Waals surface area contributed by atoms with Crippen molar-refractivity contribution in [2.45, 2.75) is 12.5 Å². The summed E-state index contributed by atoms with van der Waals surface area (Å²) in [5.74, 6) is -1.00. The molecule has 0 aliphatic heterocycles. The molecule has 1 aromatic heterocycles. The van der Waals surface area contributed by atoms with E-state index in [2.05, 4.69) is 9.97 Å². The number of carboxylic acids is 1. The number of halogens is 1. The van der Waals surface area contributed by atoms with E-state index in [9.17, 15) is 4.79 Å². The number of aliphatic carboxylic acids is 1. The molecule has 0 fully saturated rings. The smallest absolute Gasteiger partial charge is 0.320 e. The van der Waals surface area contributed by atoms with Gasteiger partial charge in [0.05, 0.1) is 6.33 Å². The van der Waals surface area contributed by atoms with E-state index in [1.165, 1.54) is 6.33 Å². The van der Waals surface area contributed by atoms with Gasteiger partial charge in [-0.3, -0.25) is 4.79 Å². The van der Waals surface area contributed by atoms with Crippen LogP contribution in [0.4, 0.5) is 0 Å². The molecule has 0 unspecified atom stereocenters. The van der Waals surface area contributed by atoms with Crippen LogP contribution in [0.15, 0.2) is 12.5 Å². The van der Waals surface area contributed by atoms with Crippen LogP contribution >= 0.6 is 0 Å². The number of carbonyl (C=O) groups is 1. The van der Waals surface area contributed by atoms with Crippen molar-refractivity contribution in [2.24, 2.45) is 5.73 Å². The molecule has 1 atom stereocenters. The van der Waals surface area contributed by atoms with Gasteiger partial charge < -0.3 is 33.7 Å². The first kappa shape index (κ1) is 14.4. The van der Waals surface area contributed by atoms with Gasteiger partial charge in [0.1, 0.15) is 6.04 Å². The number of hydrogen-bond acceptors (Lipinski definition) is 3. The number of hydrogen-bond donors (Lipinski definition) is 3. The fourth-order valence-corrected chi connectivity index (χ4v) is 0.721. The zero-order valence-electron chi connectivity index (χ0n) is 6.70. The van der Waals surface area contributed by atoms with Gasteiger partial charge in [0, 0.05) is 18.3 Å². The second kappa shape index (κ2) is 6.41. The summed E-state index contributed by atoms with van der Waals surface area (Å²) in [5, 5.41) is 8.42. The number of nitrogens with one attached hydrogen (secondary N) is 1. The van der Waals surface area contributed by atoms with Gasteiger partial charge in [0.15, 0.2) is 0 Å². The highest BCUT2D eigenvalue weighted by atomic mass is 35.5. The van der Waals surface area contributed by atoms with Crippen LogP contribution in [0.5, 0.6) is 0 Å². The molecule has 1 aromatic rings. The molecule has 0 aromatic carbocycles. The van der Waals surface area contributed by atoms with E-state index in [-0.39, 0.29) is 24.3 Å². The van der Waals surface area contributed by atoms with Crippen molar-refractivity contribution in [3.63, 3.8) is 0 Å². The largest absolute Gasteiger partial charge is 1.00 e. The highest BCUT2D eigenvalue weighted by molar-refractivity contribution is 5.73. The van der Waals surface area contributed by atoms with E-state index in [1.807, 2.05) is 0 Å². The number of H-pyrrole nitrogens is 1. The number of rotatable bonds is 3. The topological polar surface area (TPSA) is 124 Å². The Morgan fingerprint density at radius 3 is 2.77 bits per heavy atom. The van der Waals surface area contributed by atoms with Crippen molar-refractivity contribution >= 4 is 5.97 Å². The van der Waals surface area contributed by atoms with Crippen LogP contribution in [-0.4, -0.2) is 32.6 Å². The standard InChI is InChI=1S/C6H9N3O2.ClH.H2O/c7-5(6(10)11)1-4-2-8-3-9-4;;/h2-3,5H,1,7H2,(H,8,9)(H,10,11);1H;1H2/p-1/t5-;;/m0../s1. The van der Waals surface area contributed by atoms with Crippen molar-refractivity contribution in [1.29, 1.82) is 0 Å². The van der Waals surface area contributed by atoms with E-state index in [0.29, 0.717) is 0 Å². The number of carboxylic acid groups (broad SMARTS) is 1. The van der Waals surface area contributed by atoms with E-state index in [4.69, 9.17) is 10.8 Å². The molecule has 0 saturated carbocycles. The van der Waals surface area contributed by atoms with Gasteiger partial charge in [-0.1, -0.05) is 0 Å². The zero-order valence-corrected chi connectivity index (χ0v) is 7.45. The monoisotopic (exact) mass is 208 g/mol. The van der Waals surface area contributed by atoms with Crippen molar-refractivity contribution in [1.82, 2.24) is 9.97 Å². The van der Waals surface area contributed by atoms with Crippen LogP contribution in [0.1, 0.15) is 5.69 Å². The first-order valence-corrected chi connectivity index (χ1v) is 3.16. The normalized spacial score (nSPS) is 10.8. The number of nitrogens with two attached hydrogens (primary N) is 1. The molecule has 1 rings (SSSR count). The maximum absolute atomic E-state index is 10.3. The molecule has 0 amide bonds. The predicted molar refractivity (Wildman–Crippen MR) is 41.5 cm³/mol. The second-order valence-corrected chi connectivity index (χ2v) is 2.23. The van der Waals surface area contributed by atoms with Crippen molar-refractivity contribution in [3.05, 3.63) is 18.2 Å². The predicted octanol–water partition coefficient (Wildman–Crippen LogP) is -4.46. The number of aromatic amines is 1. The van der Waals surface area contributed by atoms with Gasteiger partial charge in [0.2, 0.25) is 0 Å². The summed E-state index contributed by atoms with van der Waals surface area (Å²) in [6.45, 7) is 0. The summed E-state index contributed by atoms with van der Waals surface area (Å²) >= 11 is 0. The number of imidazole rings is 1. The SMILES string of the molecule is N[C@@H](Cc1cnc[nH]1)C(=O)O.O.[Cl-]. The Bertz CT molecular complexity index is 239. The van der Waals surface area contributed by atoms with Crippen LogP contribution in [0.3, 0.4) is 0 Å². The third-order valence-corrected chi connectivity index (χ3v) is 1.31. The Morgan fingerprint density at radius 2 is 2.38 bits per heavy atom. The van der Waals surface area contributed by atoms with Crippen LogP contribution in [-0.2, 0) is 11.2 Å². The fraction of sp³-hybridized carbons (Fsp3) is 0.333. The minimum Gasteiger partial charge on any atom is -1.00 e. The van der Waals surface area contributed by atoms with Crippen LogP contribution in [0, 0.1) is 0 Å². The molecule has 0 aliphatic rings. The highest BCUT2D eigenvalue weighted by Crippen LogP contribution is 1.95. The lowest BCUT2D eigenvalue weighted by atomic mass is 10.2. The molecule has 76 valence electrons. The van der Waals surface area contributed by atoms with Crippen LogP contribution in [0.25, 0.3) is 0 Å². The molecule has 13 heavy (non-hydrogen) atoms. The summed E-state index contributed by atoms with van der Waals surface area (Å²) < 4.78 is 0. The average molecular weight is 209 g/mol. The van der Waals surface area contributed by atoms with Gasteiger partial charge in [-0.15, -0.1) is 0 Å². The van der Waals surface area contributed by atoms with Crippen molar-refractivity contribution < 1.29 is 27.8 Å². The molecule has 6 N–H and O–H groups in total. The van der Waals surface area contributed by atoms with E-state index in [0.717, 1.165) is 5.69 Å². The van der Waals surface area contributed by atoms with Crippen molar-refractivity contribution in [2.75, 3.05) is 0 Å². The molecular weight excluding hydrogens is 198 g/mol. The lowest BCUT2D eigenvalue weighted by Gasteiger charge is -2.02. The molecule has 1 heterocycles. The molecule has 0 saturated heterocycles. The maximum atomic E-state index is 10.3. The quantitative estimate of drug-likeness (QED) is 0.464. The van der Waals surface area contributed by atoms with E-state index >= 15 is 0 Å². The average Bonchev–Trinajstić information content (AvgIpc) is 2.39. The summed E-state index contributed by atoms with van der Waals surface area (Å²) in [6, 6.07) is -0.851. The van der Waals surface area contributed by atoms with Gasteiger partial charge in [-0.25, -0.2) is 4.98 Å². The summed E-state index contributed by atoms with van der Waals surface area (Å²) in [5.41, 5.74) is 6.00. The molecule has 6 nitrogen and oxygen atoms in total. The van der Waals surface area contributed by atoms with Gasteiger partial charge in [-0.05, 0) is 0 Å². The lowest BCUT2D eigenvalue weighted by Crippen LogP contribution is -3.00. The number of nitrogens with zero attached hydrogens (tertiary/aromatic N) is 1. The minimum atomic E-state index is -1.00. The maximum Gasteiger partial charge on any atom is 0.320 e. The van der Waals surface area contributed by atoms with Gasteiger partial charge >= 0.3 is 5.97 Å².